The topological polar surface area (TPSA) is 9.23 Å². The second kappa shape index (κ2) is 3.25. The maximum absolute atomic E-state index is 6.56. The molecule has 2 aliphatic carbocycles. The predicted octanol–water partition coefficient (Wildman–Crippen LogP) is 4.02. The summed E-state index contributed by atoms with van der Waals surface area (Å²) < 4.78 is 6.56. The lowest BCUT2D eigenvalue weighted by Gasteiger charge is -2.46. The standard InChI is InChI=1S/C15H26O/c1-10(2)11-7-9-14(3)12-6-5-8-15(4,16-14)13(11)12/h10-13H,5-9H2,1-4H3/t11-,12-,13-,14+,15+/m0/s1. The fraction of sp³-hybridized carbons (Fsp3) is 1.00. The van der Waals surface area contributed by atoms with E-state index in [1.54, 1.807) is 0 Å². The summed E-state index contributed by atoms with van der Waals surface area (Å²) in [5.74, 6) is 3.44. The maximum Gasteiger partial charge on any atom is 0.0696 e. The van der Waals surface area contributed by atoms with E-state index in [0.717, 1.165) is 23.7 Å². The first-order valence-electron chi connectivity index (χ1n) is 7.16. The molecule has 0 amide bonds. The first-order valence-corrected chi connectivity index (χ1v) is 7.16. The van der Waals surface area contributed by atoms with E-state index >= 15 is 0 Å². The van der Waals surface area contributed by atoms with E-state index in [9.17, 15) is 0 Å². The molecule has 0 spiro atoms. The van der Waals surface area contributed by atoms with Crippen LogP contribution in [0, 0.1) is 23.7 Å². The van der Waals surface area contributed by atoms with Gasteiger partial charge in [-0.05, 0) is 63.2 Å². The molecule has 1 aliphatic heterocycles. The van der Waals surface area contributed by atoms with Crippen LogP contribution in [0.4, 0.5) is 0 Å². The van der Waals surface area contributed by atoms with Crippen LogP contribution in [0.2, 0.25) is 0 Å². The summed E-state index contributed by atoms with van der Waals surface area (Å²) in [4.78, 5) is 0. The molecule has 0 aromatic heterocycles. The average molecular weight is 222 g/mol. The molecule has 92 valence electrons. The Morgan fingerprint density at radius 1 is 1.06 bits per heavy atom. The highest BCUT2D eigenvalue weighted by Crippen LogP contribution is 2.63. The first-order chi connectivity index (χ1) is 7.46. The molecule has 0 N–H and O–H groups in total. The number of ether oxygens (including phenoxy) is 1. The van der Waals surface area contributed by atoms with E-state index in [1.807, 2.05) is 0 Å². The smallest absolute Gasteiger partial charge is 0.0696 e. The van der Waals surface area contributed by atoms with E-state index in [1.165, 1.54) is 32.1 Å². The number of hydrogen-bond acceptors (Lipinski definition) is 1. The summed E-state index contributed by atoms with van der Waals surface area (Å²) in [6.07, 6.45) is 6.79. The highest BCUT2D eigenvalue weighted by atomic mass is 16.5. The zero-order valence-corrected chi connectivity index (χ0v) is 11.3. The summed E-state index contributed by atoms with van der Waals surface area (Å²) in [5, 5.41) is 0. The quantitative estimate of drug-likeness (QED) is 0.651. The third-order valence-corrected chi connectivity index (χ3v) is 5.87. The summed E-state index contributed by atoms with van der Waals surface area (Å²) in [6, 6.07) is 0. The molecule has 1 heteroatoms. The van der Waals surface area contributed by atoms with Gasteiger partial charge in [0.1, 0.15) is 0 Å². The van der Waals surface area contributed by atoms with Crippen molar-refractivity contribution in [2.45, 2.75) is 71.0 Å². The van der Waals surface area contributed by atoms with Gasteiger partial charge in [-0.15, -0.1) is 0 Å². The number of rotatable bonds is 1. The molecule has 0 unspecified atom stereocenters. The van der Waals surface area contributed by atoms with Gasteiger partial charge in [0.15, 0.2) is 0 Å². The molecule has 1 saturated heterocycles. The van der Waals surface area contributed by atoms with Crippen molar-refractivity contribution in [3.05, 3.63) is 0 Å². The summed E-state index contributed by atoms with van der Waals surface area (Å²) >= 11 is 0. The van der Waals surface area contributed by atoms with Crippen LogP contribution in [0.3, 0.4) is 0 Å². The molecule has 0 aromatic rings. The minimum atomic E-state index is 0.211. The van der Waals surface area contributed by atoms with Gasteiger partial charge >= 0.3 is 0 Å². The molecule has 3 rings (SSSR count). The molecule has 4 bridgehead atoms. The molecule has 5 atom stereocenters. The zero-order chi connectivity index (χ0) is 11.6. The third-order valence-electron chi connectivity index (χ3n) is 5.87. The summed E-state index contributed by atoms with van der Waals surface area (Å²) in [7, 11) is 0. The Bertz CT molecular complexity index is 298. The van der Waals surface area contributed by atoms with Crippen LogP contribution in [0.5, 0.6) is 0 Å². The molecule has 0 aromatic carbocycles. The van der Waals surface area contributed by atoms with Crippen molar-refractivity contribution in [1.82, 2.24) is 0 Å². The molecular formula is C15H26O. The second-order valence-corrected chi connectivity index (χ2v) is 7.20. The van der Waals surface area contributed by atoms with Crippen molar-refractivity contribution in [2.75, 3.05) is 0 Å². The van der Waals surface area contributed by atoms with Crippen LogP contribution in [0.25, 0.3) is 0 Å². The lowest BCUT2D eigenvalue weighted by molar-refractivity contribution is -0.0929. The van der Waals surface area contributed by atoms with Crippen LogP contribution < -0.4 is 0 Å². The van der Waals surface area contributed by atoms with Crippen molar-refractivity contribution in [3.8, 4) is 0 Å². The van der Waals surface area contributed by atoms with Crippen molar-refractivity contribution in [2.24, 2.45) is 23.7 Å². The van der Waals surface area contributed by atoms with Crippen molar-refractivity contribution in [3.63, 3.8) is 0 Å². The van der Waals surface area contributed by atoms with Gasteiger partial charge in [-0.3, -0.25) is 0 Å². The van der Waals surface area contributed by atoms with Crippen molar-refractivity contribution >= 4 is 0 Å². The Kier molecular flexibility index (Phi) is 2.25. The molecule has 0 radical (unpaired) electrons. The molecular weight excluding hydrogens is 196 g/mol. The Balaban J connectivity index is 2.00. The van der Waals surface area contributed by atoms with Gasteiger partial charge in [0.25, 0.3) is 0 Å². The largest absolute Gasteiger partial charge is 0.369 e. The Morgan fingerprint density at radius 3 is 2.50 bits per heavy atom. The van der Waals surface area contributed by atoms with E-state index in [0.29, 0.717) is 0 Å². The van der Waals surface area contributed by atoms with Crippen molar-refractivity contribution in [1.29, 1.82) is 0 Å². The van der Waals surface area contributed by atoms with E-state index < -0.39 is 0 Å². The first kappa shape index (κ1) is 11.1. The molecule has 16 heavy (non-hydrogen) atoms. The van der Waals surface area contributed by atoms with Gasteiger partial charge in [0.2, 0.25) is 0 Å². The van der Waals surface area contributed by atoms with Crippen LogP contribution in [-0.2, 0) is 4.74 Å². The molecule has 1 nitrogen and oxygen atoms in total. The van der Waals surface area contributed by atoms with Gasteiger partial charge in [-0.1, -0.05) is 20.3 Å². The van der Waals surface area contributed by atoms with Gasteiger partial charge in [-0.2, -0.15) is 0 Å². The lowest BCUT2D eigenvalue weighted by atomic mass is 9.56. The van der Waals surface area contributed by atoms with Gasteiger partial charge in [0, 0.05) is 0 Å². The summed E-state index contributed by atoms with van der Waals surface area (Å²) in [6.45, 7) is 9.60. The van der Waals surface area contributed by atoms with Crippen LogP contribution >= 0.6 is 0 Å². The molecule has 2 saturated carbocycles. The normalized spacial score (nSPS) is 55.7. The fourth-order valence-corrected chi connectivity index (χ4v) is 5.23. The van der Waals surface area contributed by atoms with E-state index in [4.69, 9.17) is 4.74 Å². The minimum absolute atomic E-state index is 0.211. The lowest BCUT2D eigenvalue weighted by Crippen LogP contribution is -2.46. The molecule has 3 fully saturated rings. The van der Waals surface area contributed by atoms with E-state index in [-0.39, 0.29) is 11.2 Å². The minimum Gasteiger partial charge on any atom is -0.369 e. The predicted molar refractivity (Wildman–Crippen MR) is 66.3 cm³/mol. The van der Waals surface area contributed by atoms with Crippen molar-refractivity contribution < 1.29 is 4.74 Å². The SMILES string of the molecule is CC(C)[C@@H]1CC[C@@]2(C)O[C@]3(C)CCC[C@H]2[C@H]13. The van der Waals surface area contributed by atoms with Crippen LogP contribution in [0.15, 0.2) is 0 Å². The van der Waals surface area contributed by atoms with E-state index in [2.05, 4.69) is 27.7 Å². The highest BCUT2D eigenvalue weighted by molar-refractivity contribution is 5.12. The Labute approximate surface area is 99.9 Å². The monoisotopic (exact) mass is 222 g/mol. The van der Waals surface area contributed by atoms with Gasteiger partial charge in [0.05, 0.1) is 11.2 Å². The third kappa shape index (κ3) is 1.27. The fourth-order valence-electron chi connectivity index (χ4n) is 5.23. The second-order valence-electron chi connectivity index (χ2n) is 7.20. The Hall–Kier alpha value is -0.0400. The van der Waals surface area contributed by atoms with Gasteiger partial charge < -0.3 is 4.74 Å². The van der Waals surface area contributed by atoms with Crippen LogP contribution in [-0.4, -0.2) is 11.2 Å². The zero-order valence-electron chi connectivity index (χ0n) is 11.3. The molecule has 3 aliphatic rings. The highest BCUT2D eigenvalue weighted by Gasteiger charge is 2.63. The molecule has 1 heterocycles. The van der Waals surface area contributed by atoms with Gasteiger partial charge in [-0.25, -0.2) is 0 Å². The van der Waals surface area contributed by atoms with Crippen LogP contribution in [0.1, 0.15) is 59.8 Å². The number of hydrogen-bond donors (Lipinski definition) is 0. The maximum atomic E-state index is 6.56. The average Bonchev–Trinajstić information content (AvgIpc) is 2.32. The Morgan fingerprint density at radius 2 is 1.81 bits per heavy atom. The summed E-state index contributed by atoms with van der Waals surface area (Å²) in [5.41, 5.74) is 0.435.